The van der Waals surface area contributed by atoms with Gasteiger partial charge in [0.1, 0.15) is 0 Å². The molecule has 1 aromatic carbocycles. The molecule has 2 rings (SSSR count). The van der Waals surface area contributed by atoms with Crippen LogP contribution < -0.4 is 5.32 Å². The number of ether oxygens (including phenoxy) is 2. The number of rotatable bonds is 5. The second kappa shape index (κ2) is 8.65. The van der Waals surface area contributed by atoms with Crippen molar-refractivity contribution in [2.45, 2.75) is 12.8 Å². The highest BCUT2D eigenvalue weighted by Crippen LogP contribution is 2.42. The lowest BCUT2D eigenvalue weighted by Crippen LogP contribution is -2.31. The number of thiol groups is 1. The maximum atomic E-state index is 12.6. The highest BCUT2D eigenvalue weighted by atomic mass is 35.5. The number of halogens is 2. The molecular weight excluding hydrogens is 385 g/mol. The third kappa shape index (κ3) is 3.97. The van der Waals surface area contributed by atoms with Crippen LogP contribution in [0.3, 0.4) is 0 Å². The molecule has 8 heteroatoms. The Kier molecular flexibility index (Phi) is 6.81. The molecule has 0 radical (unpaired) electrons. The third-order valence-electron chi connectivity index (χ3n) is 3.69. The summed E-state index contributed by atoms with van der Waals surface area (Å²) in [6, 6.07) is 5.03. The monoisotopic (exact) mass is 401 g/mol. The summed E-state index contributed by atoms with van der Waals surface area (Å²) in [5, 5.41) is 3.49. The normalized spacial score (nSPS) is 16.8. The maximum Gasteiger partial charge on any atom is 0.336 e. The molecule has 1 aromatic rings. The maximum absolute atomic E-state index is 12.6. The summed E-state index contributed by atoms with van der Waals surface area (Å²) in [4.78, 5) is 24.9. The van der Waals surface area contributed by atoms with Crippen molar-refractivity contribution in [1.29, 1.82) is 0 Å². The molecule has 0 saturated carbocycles. The molecule has 0 aromatic heterocycles. The lowest BCUT2D eigenvalue weighted by Gasteiger charge is -2.28. The Bertz CT molecular complexity index is 761. The van der Waals surface area contributed by atoms with Crippen molar-refractivity contribution < 1.29 is 19.1 Å². The van der Waals surface area contributed by atoms with E-state index in [1.54, 1.807) is 25.1 Å². The number of carbonyl (C=O) groups excluding carboxylic acids is 2. The molecule has 0 saturated heterocycles. The van der Waals surface area contributed by atoms with Crippen molar-refractivity contribution in [2.75, 3.05) is 19.5 Å². The molecule has 0 bridgehead atoms. The second-order valence-corrected chi connectivity index (χ2v) is 6.18. The Morgan fingerprint density at radius 3 is 2.60 bits per heavy atom. The first kappa shape index (κ1) is 19.7. The Hall–Kier alpha value is -1.63. The van der Waals surface area contributed by atoms with Crippen molar-refractivity contribution in [2.24, 2.45) is 0 Å². The van der Waals surface area contributed by atoms with Crippen molar-refractivity contribution in [1.82, 2.24) is 5.32 Å². The molecule has 1 heterocycles. The first-order chi connectivity index (χ1) is 12.0. The zero-order chi connectivity index (χ0) is 18.6. The third-order valence-corrected chi connectivity index (χ3v) is 4.84. The highest BCUT2D eigenvalue weighted by molar-refractivity contribution is 7.80. The van der Waals surface area contributed by atoms with Gasteiger partial charge in [-0.2, -0.15) is 12.6 Å². The molecular formula is C17H17Cl2NO4S. The van der Waals surface area contributed by atoms with E-state index in [0.717, 1.165) is 0 Å². The van der Waals surface area contributed by atoms with Crippen LogP contribution in [0.4, 0.5) is 0 Å². The van der Waals surface area contributed by atoms with E-state index < -0.39 is 17.9 Å². The van der Waals surface area contributed by atoms with Gasteiger partial charge in [0.2, 0.25) is 0 Å². The van der Waals surface area contributed by atoms with Crippen LogP contribution in [-0.4, -0.2) is 31.4 Å². The smallest absolute Gasteiger partial charge is 0.336 e. The number of dihydropyridines is 1. The van der Waals surface area contributed by atoms with Gasteiger partial charge >= 0.3 is 11.9 Å². The molecule has 1 aliphatic heterocycles. The number of hydrogen-bond acceptors (Lipinski definition) is 6. The summed E-state index contributed by atoms with van der Waals surface area (Å²) in [5.41, 5.74) is 1.51. The van der Waals surface area contributed by atoms with E-state index in [0.29, 0.717) is 16.3 Å². The number of esters is 2. The Labute approximate surface area is 161 Å². The zero-order valence-electron chi connectivity index (χ0n) is 13.6. The topological polar surface area (TPSA) is 64.6 Å². The average molecular weight is 402 g/mol. The van der Waals surface area contributed by atoms with Gasteiger partial charge in [-0.1, -0.05) is 35.3 Å². The van der Waals surface area contributed by atoms with E-state index in [1.807, 2.05) is 0 Å². The van der Waals surface area contributed by atoms with Crippen LogP contribution in [0.1, 0.15) is 18.4 Å². The van der Waals surface area contributed by atoms with Crippen LogP contribution in [0.5, 0.6) is 0 Å². The highest BCUT2D eigenvalue weighted by Gasteiger charge is 2.37. The Morgan fingerprint density at radius 1 is 1.28 bits per heavy atom. The quantitative estimate of drug-likeness (QED) is 0.583. The summed E-state index contributed by atoms with van der Waals surface area (Å²) in [6.45, 7) is 1.89. The molecule has 0 spiro atoms. The van der Waals surface area contributed by atoms with Gasteiger partial charge in [-0.3, -0.25) is 0 Å². The molecule has 25 heavy (non-hydrogen) atoms. The van der Waals surface area contributed by atoms with E-state index in [4.69, 9.17) is 32.7 Å². The second-order valence-electron chi connectivity index (χ2n) is 5.08. The molecule has 134 valence electrons. The Balaban J connectivity index is 2.69. The molecule has 5 nitrogen and oxygen atoms in total. The summed E-state index contributed by atoms with van der Waals surface area (Å²) in [7, 11) is 1.27. The van der Waals surface area contributed by atoms with Gasteiger partial charge in [0.15, 0.2) is 0 Å². The minimum Gasteiger partial charge on any atom is -0.466 e. The SMILES string of the molecule is CCOC(=O)C1=C(CS)NC=C(C(=O)OC)C1c1cccc(Cl)c1Cl. The van der Waals surface area contributed by atoms with Crippen molar-refractivity contribution in [3.05, 3.63) is 56.9 Å². The van der Waals surface area contributed by atoms with Gasteiger partial charge in [-0.25, -0.2) is 9.59 Å². The number of methoxy groups -OCH3 is 1. The van der Waals surface area contributed by atoms with E-state index in [1.165, 1.54) is 13.3 Å². The van der Waals surface area contributed by atoms with Crippen LogP contribution in [0.15, 0.2) is 41.2 Å². The lowest BCUT2D eigenvalue weighted by molar-refractivity contribution is -0.139. The Morgan fingerprint density at radius 2 is 2.00 bits per heavy atom. The van der Waals surface area contributed by atoms with Gasteiger partial charge in [-0.05, 0) is 18.6 Å². The predicted molar refractivity (Wildman–Crippen MR) is 99.9 cm³/mol. The number of carbonyl (C=O) groups is 2. The summed E-state index contributed by atoms with van der Waals surface area (Å²) in [5.74, 6) is -1.68. The lowest BCUT2D eigenvalue weighted by atomic mass is 9.82. The minimum absolute atomic E-state index is 0.190. The first-order valence-electron chi connectivity index (χ1n) is 7.46. The van der Waals surface area contributed by atoms with Gasteiger partial charge in [0.05, 0.1) is 40.8 Å². The van der Waals surface area contributed by atoms with Crippen LogP contribution in [0, 0.1) is 0 Å². The van der Waals surface area contributed by atoms with E-state index in [2.05, 4.69) is 17.9 Å². The van der Waals surface area contributed by atoms with Crippen molar-refractivity contribution in [3.63, 3.8) is 0 Å². The van der Waals surface area contributed by atoms with Crippen molar-refractivity contribution >= 4 is 47.8 Å². The van der Waals surface area contributed by atoms with Gasteiger partial charge in [0, 0.05) is 17.6 Å². The van der Waals surface area contributed by atoms with Crippen LogP contribution in [0.25, 0.3) is 0 Å². The van der Waals surface area contributed by atoms with Crippen LogP contribution in [0.2, 0.25) is 10.0 Å². The van der Waals surface area contributed by atoms with Crippen LogP contribution >= 0.6 is 35.8 Å². The standard InChI is InChI=1S/C17H17Cl2NO4S/c1-3-24-17(22)14-12(8-25)20-7-10(16(21)23-2)13(14)9-5-4-6-11(18)15(9)19/h4-7,13,20,25H,3,8H2,1-2H3. The van der Waals surface area contributed by atoms with Gasteiger partial charge < -0.3 is 14.8 Å². The van der Waals surface area contributed by atoms with Gasteiger partial charge in [0.25, 0.3) is 0 Å². The van der Waals surface area contributed by atoms with Crippen molar-refractivity contribution in [3.8, 4) is 0 Å². The first-order valence-corrected chi connectivity index (χ1v) is 8.84. The summed E-state index contributed by atoms with van der Waals surface area (Å²) < 4.78 is 10.0. The molecule has 0 fully saturated rings. The largest absolute Gasteiger partial charge is 0.466 e. The molecule has 1 N–H and O–H groups in total. The molecule has 1 atom stereocenters. The van der Waals surface area contributed by atoms with E-state index in [-0.39, 0.29) is 28.5 Å². The average Bonchev–Trinajstić information content (AvgIpc) is 2.62. The fourth-order valence-corrected chi connectivity index (χ4v) is 3.28. The van der Waals surface area contributed by atoms with E-state index >= 15 is 0 Å². The van der Waals surface area contributed by atoms with E-state index in [9.17, 15) is 9.59 Å². The molecule has 0 aliphatic carbocycles. The molecule has 1 unspecified atom stereocenters. The zero-order valence-corrected chi connectivity index (χ0v) is 16.0. The summed E-state index contributed by atoms with van der Waals surface area (Å²) >= 11 is 16.7. The molecule has 1 aliphatic rings. The number of nitrogens with one attached hydrogen (secondary N) is 1. The van der Waals surface area contributed by atoms with Crippen LogP contribution in [-0.2, 0) is 19.1 Å². The fourth-order valence-electron chi connectivity index (χ4n) is 2.60. The summed E-state index contributed by atoms with van der Waals surface area (Å²) in [6.07, 6.45) is 1.49. The number of benzene rings is 1. The fraction of sp³-hybridized carbons (Fsp3) is 0.294. The predicted octanol–water partition coefficient (Wildman–Crippen LogP) is 3.48. The minimum atomic E-state index is -0.777. The number of hydrogen-bond donors (Lipinski definition) is 2. The van der Waals surface area contributed by atoms with Gasteiger partial charge in [-0.15, -0.1) is 0 Å². The molecule has 0 amide bonds.